The summed E-state index contributed by atoms with van der Waals surface area (Å²) >= 11 is 0. The first-order valence-electron chi connectivity index (χ1n) is 7.40. The van der Waals surface area contributed by atoms with Crippen LogP contribution in [0, 0.1) is 18.6 Å². The van der Waals surface area contributed by atoms with Crippen LogP contribution in [0.2, 0.25) is 0 Å². The molecule has 2 saturated heterocycles. The SMILES string of the molecule is Cc1ccc(F)c(CN2[C@@H]3CC[C@H]2CN(C)C(=O)C3)c1F. The molecule has 0 unspecified atom stereocenters. The summed E-state index contributed by atoms with van der Waals surface area (Å²) in [5.74, 6) is -0.836. The molecule has 0 aromatic heterocycles. The largest absolute Gasteiger partial charge is 0.344 e. The average molecular weight is 294 g/mol. The predicted octanol–water partition coefficient (Wildman–Crippen LogP) is 2.47. The lowest BCUT2D eigenvalue weighted by Gasteiger charge is -2.28. The van der Waals surface area contributed by atoms with Crippen molar-refractivity contribution in [1.29, 1.82) is 0 Å². The monoisotopic (exact) mass is 294 g/mol. The average Bonchev–Trinajstić information content (AvgIpc) is 2.75. The first-order valence-corrected chi connectivity index (χ1v) is 7.40. The molecule has 2 aliphatic rings. The quantitative estimate of drug-likeness (QED) is 0.836. The van der Waals surface area contributed by atoms with Crippen molar-refractivity contribution in [3.8, 4) is 0 Å². The molecule has 2 atom stereocenters. The van der Waals surface area contributed by atoms with Crippen LogP contribution in [0.3, 0.4) is 0 Å². The van der Waals surface area contributed by atoms with E-state index in [0.29, 0.717) is 18.5 Å². The molecule has 0 aliphatic carbocycles. The lowest BCUT2D eigenvalue weighted by Crippen LogP contribution is -2.38. The Hall–Kier alpha value is -1.49. The number of likely N-dealkylation sites (tertiary alicyclic amines) is 1. The number of nitrogens with zero attached hydrogens (tertiary/aromatic N) is 2. The van der Waals surface area contributed by atoms with Crippen LogP contribution in [0.25, 0.3) is 0 Å². The van der Waals surface area contributed by atoms with Crippen LogP contribution >= 0.6 is 0 Å². The van der Waals surface area contributed by atoms with Crippen molar-refractivity contribution in [1.82, 2.24) is 9.80 Å². The van der Waals surface area contributed by atoms with Gasteiger partial charge in [-0.1, -0.05) is 6.07 Å². The number of benzene rings is 1. The van der Waals surface area contributed by atoms with E-state index in [1.54, 1.807) is 18.9 Å². The standard InChI is InChI=1S/C16H20F2N2O/c1-10-3-6-14(17)13(16(10)18)9-20-11-4-5-12(20)8-19(2)15(21)7-11/h3,6,11-12H,4-5,7-9H2,1-2H3/t11-,12+/m1/s1. The Bertz CT molecular complexity index is 576. The van der Waals surface area contributed by atoms with Gasteiger partial charge in [-0.25, -0.2) is 8.78 Å². The number of hydrogen-bond acceptors (Lipinski definition) is 2. The zero-order valence-electron chi connectivity index (χ0n) is 12.4. The minimum atomic E-state index is -0.499. The smallest absolute Gasteiger partial charge is 0.223 e. The van der Waals surface area contributed by atoms with Gasteiger partial charge in [-0.3, -0.25) is 9.69 Å². The van der Waals surface area contributed by atoms with Gasteiger partial charge in [0.25, 0.3) is 0 Å². The van der Waals surface area contributed by atoms with Gasteiger partial charge in [-0.2, -0.15) is 0 Å². The molecule has 2 bridgehead atoms. The number of rotatable bonds is 2. The summed E-state index contributed by atoms with van der Waals surface area (Å²) in [4.78, 5) is 15.8. The molecular weight excluding hydrogens is 274 g/mol. The van der Waals surface area contributed by atoms with E-state index >= 15 is 0 Å². The topological polar surface area (TPSA) is 23.6 Å². The van der Waals surface area contributed by atoms with Crippen LogP contribution in [-0.2, 0) is 11.3 Å². The van der Waals surface area contributed by atoms with Gasteiger partial charge in [0, 0.05) is 44.2 Å². The molecule has 0 saturated carbocycles. The molecule has 1 aromatic carbocycles. The molecule has 2 heterocycles. The van der Waals surface area contributed by atoms with Gasteiger partial charge in [-0.05, 0) is 31.4 Å². The summed E-state index contributed by atoms with van der Waals surface area (Å²) in [6.45, 7) is 2.53. The van der Waals surface area contributed by atoms with Crippen molar-refractivity contribution >= 4 is 5.91 Å². The predicted molar refractivity (Wildman–Crippen MR) is 75.7 cm³/mol. The molecule has 114 valence electrons. The number of halogens is 2. The Labute approximate surface area is 123 Å². The fourth-order valence-electron chi connectivity index (χ4n) is 3.51. The van der Waals surface area contributed by atoms with Crippen molar-refractivity contribution in [2.24, 2.45) is 0 Å². The molecule has 5 heteroatoms. The van der Waals surface area contributed by atoms with Gasteiger partial charge in [0.05, 0.1) is 0 Å². The van der Waals surface area contributed by atoms with Crippen molar-refractivity contribution in [2.45, 2.75) is 44.8 Å². The van der Waals surface area contributed by atoms with E-state index in [9.17, 15) is 13.6 Å². The highest BCUT2D eigenvalue weighted by molar-refractivity contribution is 5.77. The van der Waals surface area contributed by atoms with Crippen LogP contribution < -0.4 is 0 Å². The molecule has 2 fully saturated rings. The van der Waals surface area contributed by atoms with Crippen LogP contribution in [0.1, 0.15) is 30.4 Å². The molecule has 0 spiro atoms. The number of likely N-dealkylation sites (N-methyl/N-ethyl adjacent to an activating group) is 1. The van der Waals surface area contributed by atoms with Crippen LogP contribution in [0.15, 0.2) is 12.1 Å². The van der Waals surface area contributed by atoms with E-state index in [1.165, 1.54) is 12.1 Å². The molecule has 21 heavy (non-hydrogen) atoms. The van der Waals surface area contributed by atoms with Gasteiger partial charge in [0.1, 0.15) is 11.6 Å². The third-order valence-corrected chi connectivity index (χ3v) is 4.81. The van der Waals surface area contributed by atoms with Gasteiger partial charge in [-0.15, -0.1) is 0 Å². The van der Waals surface area contributed by atoms with Gasteiger partial charge >= 0.3 is 0 Å². The zero-order chi connectivity index (χ0) is 15.1. The molecule has 3 rings (SSSR count). The van der Waals surface area contributed by atoms with Crippen LogP contribution in [0.4, 0.5) is 8.78 Å². The van der Waals surface area contributed by atoms with E-state index < -0.39 is 11.6 Å². The van der Waals surface area contributed by atoms with E-state index in [1.807, 2.05) is 0 Å². The normalized spacial score (nSPS) is 26.3. The molecule has 0 radical (unpaired) electrons. The number of fused-ring (bicyclic) bond motifs is 2. The third-order valence-electron chi connectivity index (χ3n) is 4.81. The first kappa shape index (κ1) is 14.4. The second-order valence-electron chi connectivity index (χ2n) is 6.19. The third kappa shape index (κ3) is 2.55. The molecule has 2 aliphatic heterocycles. The maximum atomic E-state index is 14.2. The number of amides is 1. The second kappa shape index (κ2) is 5.37. The maximum Gasteiger partial charge on any atom is 0.223 e. The summed E-state index contributed by atoms with van der Waals surface area (Å²) in [5.41, 5.74) is 0.589. The number of aryl methyl sites for hydroxylation is 1. The number of carbonyl (C=O) groups is 1. The van der Waals surface area contributed by atoms with Crippen molar-refractivity contribution in [3.63, 3.8) is 0 Å². The van der Waals surface area contributed by atoms with Crippen molar-refractivity contribution in [2.75, 3.05) is 13.6 Å². The lowest BCUT2D eigenvalue weighted by molar-refractivity contribution is -0.130. The highest BCUT2D eigenvalue weighted by Crippen LogP contribution is 2.33. The fraction of sp³-hybridized carbons (Fsp3) is 0.562. The molecular formula is C16H20F2N2O. The van der Waals surface area contributed by atoms with E-state index in [-0.39, 0.29) is 30.1 Å². The highest BCUT2D eigenvalue weighted by atomic mass is 19.1. The Morgan fingerprint density at radius 2 is 1.95 bits per heavy atom. The van der Waals surface area contributed by atoms with Crippen molar-refractivity contribution in [3.05, 3.63) is 34.9 Å². The second-order valence-corrected chi connectivity index (χ2v) is 6.19. The lowest BCUT2D eigenvalue weighted by atomic mass is 10.1. The number of hydrogen-bond donors (Lipinski definition) is 0. The van der Waals surface area contributed by atoms with Gasteiger partial charge < -0.3 is 4.90 Å². The Kier molecular flexibility index (Phi) is 3.69. The Morgan fingerprint density at radius 3 is 2.71 bits per heavy atom. The Balaban J connectivity index is 1.88. The van der Waals surface area contributed by atoms with Gasteiger partial charge in [0.2, 0.25) is 5.91 Å². The summed E-state index contributed by atoms with van der Waals surface area (Å²) in [5, 5.41) is 0. The molecule has 3 nitrogen and oxygen atoms in total. The first-order chi connectivity index (χ1) is 9.97. The van der Waals surface area contributed by atoms with Crippen LogP contribution in [-0.4, -0.2) is 41.4 Å². The summed E-state index contributed by atoms with van der Waals surface area (Å²) in [7, 11) is 1.80. The molecule has 0 N–H and O–H groups in total. The van der Waals surface area contributed by atoms with E-state index in [2.05, 4.69) is 4.90 Å². The van der Waals surface area contributed by atoms with E-state index in [4.69, 9.17) is 0 Å². The summed E-state index contributed by atoms with van der Waals surface area (Å²) < 4.78 is 28.2. The van der Waals surface area contributed by atoms with Crippen molar-refractivity contribution < 1.29 is 13.6 Å². The fourth-order valence-corrected chi connectivity index (χ4v) is 3.51. The van der Waals surface area contributed by atoms with E-state index in [0.717, 1.165) is 12.8 Å². The number of carbonyl (C=O) groups excluding carboxylic acids is 1. The summed E-state index contributed by atoms with van der Waals surface area (Å²) in [6, 6.07) is 3.09. The molecule has 1 aromatic rings. The molecule has 1 amide bonds. The minimum absolute atomic E-state index is 0.103. The maximum absolute atomic E-state index is 14.2. The zero-order valence-corrected chi connectivity index (χ0v) is 12.4. The minimum Gasteiger partial charge on any atom is -0.344 e. The Morgan fingerprint density at radius 1 is 1.24 bits per heavy atom. The van der Waals surface area contributed by atoms with Gasteiger partial charge in [0.15, 0.2) is 0 Å². The highest BCUT2D eigenvalue weighted by Gasteiger charge is 2.39. The summed E-state index contributed by atoms with van der Waals surface area (Å²) in [6.07, 6.45) is 2.36. The van der Waals surface area contributed by atoms with Crippen LogP contribution in [0.5, 0.6) is 0 Å².